The summed E-state index contributed by atoms with van der Waals surface area (Å²) in [6.07, 6.45) is 4.30. The Morgan fingerprint density at radius 2 is 1.74 bits per heavy atom. The molecule has 0 bridgehead atoms. The maximum atomic E-state index is 11.6. The van der Waals surface area contributed by atoms with Crippen LogP contribution in [-0.2, 0) is 4.79 Å². The summed E-state index contributed by atoms with van der Waals surface area (Å²) >= 11 is 0. The number of nitrogens with one attached hydrogen (secondary N) is 1. The second-order valence-electron chi connectivity index (χ2n) is 5.37. The average Bonchev–Trinajstić information content (AvgIpc) is 3.00. The number of carbonyl (C=O) groups is 1. The number of hydrogen-bond donors (Lipinski definition) is 1. The fourth-order valence-electron chi connectivity index (χ4n) is 2.51. The molecule has 1 aliphatic carbocycles. The van der Waals surface area contributed by atoms with Gasteiger partial charge < -0.3 is 14.8 Å². The van der Waals surface area contributed by atoms with Crippen LogP contribution in [0.25, 0.3) is 0 Å². The lowest BCUT2D eigenvalue weighted by atomic mass is 10.2. The van der Waals surface area contributed by atoms with Crippen molar-refractivity contribution in [2.24, 2.45) is 0 Å². The van der Waals surface area contributed by atoms with E-state index in [2.05, 4.69) is 5.32 Å². The van der Waals surface area contributed by atoms with Crippen LogP contribution in [0.3, 0.4) is 0 Å². The highest BCUT2D eigenvalue weighted by Crippen LogP contribution is 2.31. The highest BCUT2D eigenvalue weighted by molar-refractivity contribution is 5.97. The second kappa shape index (κ2) is 7.01. The number of anilines is 1. The number of para-hydroxylation sites is 2. The monoisotopic (exact) mass is 309 g/mol. The lowest BCUT2D eigenvalue weighted by Gasteiger charge is -2.10. The van der Waals surface area contributed by atoms with E-state index in [0.717, 1.165) is 29.9 Å². The molecule has 1 saturated carbocycles. The van der Waals surface area contributed by atoms with E-state index in [-0.39, 0.29) is 5.78 Å². The minimum Gasteiger partial charge on any atom is -0.493 e. The van der Waals surface area contributed by atoms with Crippen LogP contribution in [0.4, 0.5) is 5.69 Å². The molecule has 118 valence electrons. The third-order valence-corrected chi connectivity index (χ3v) is 3.77. The first-order chi connectivity index (χ1) is 11.3. The molecule has 23 heavy (non-hydrogen) atoms. The first-order valence-electron chi connectivity index (χ1n) is 7.66. The summed E-state index contributed by atoms with van der Waals surface area (Å²) < 4.78 is 11.1. The summed E-state index contributed by atoms with van der Waals surface area (Å²) in [6, 6.07) is 15.1. The van der Waals surface area contributed by atoms with Crippen molar-refractivity contribution in [3.63, 3.8) is 0 Å². The summed E-state index contributed by atoms with van der Waals surface area (Å²) in [7, 11) is 1.62. The Labute approximate surface area is 135 Å². The van der Waals surface area contributed by atoms with Gasteiger partial charge in [-0.2, -0.15) is 0 Å². The third-order valence-electron chi connectivity index (χ3n) is 3.77. The molecule has 0 atom stereocenters. The fourth-order valence-corrected chi connectivity index (χ4v) is 2.51. The topological polar surface area (TPSA) is 47.6 Å². The van der Waals surface area contributed by atoms with Crippen LogP contribution in [-0.4, -0.2) is 12.9 Å². The SMILES string of the molecule is COc1ccccc1Oc1ccc(N/C=C2\CCCC2=O)cc1. The number of allylic oxidation sites excluding steroid dienone is 1. The molecule has 0 aliphatic heterocycles. The van der Waals surface area contributed by atoms with Gasteiger partial charge in [-0.25, -0.2) is 0 Å². The van der Waals surface area contributed by atoms with Gasteiger partial charge in [-0.3, -0.25) is 4.79 Å². The zero-order valence-corrected chi connectivity index (χ0v) is 13.0. The van der Waals surface area contributed by atoms with E-state index in [1.54, 1.807) is 7.11 Å². The molecule has 0 amide bonds. The molecule has 1 fully saturated rings. The van der Waals surface area contributed by atoms with Crippen molar-refractivity contribution in [3.8, 4) is 17.2 Å². The van der Waals surface area contributed by atoms with Crippen LogP contribution in [0, 0.1) is 0 Å². The van der Waals surface area contributed by atoms with Gasteiger partial charge in [0.1, 0.15) is 5.75 Å². The van der Waals surface area contributed by atoms with E-state index in [9.17, 15) is 4.79 Å². The van der Waals surface area contributed by atoms with Crippen LogP contribution < -0.4 is 14.8 Å². The van der Waals surface area contributed by atoms with Gasteiger partial charge >= 0.3 is 0 Å². The van der Waals surface area contributed by atoms with Crippen LogP contribution in [0.1, 0.15) is 19.3 Å². The molecule has 4 heteroatoms. The lowest BCUT2D eigenvalue weighted by molar-refractivity contribution is -0.114. The summed E-state index contributed by atoms with van der Waals surface area (Å²) in [4.78, 5) is 11.6. The first-order valence-corrected chi connectivity index (χ1v) is 7.66. The lowest BCUT2D eigenvalue weighted by Crippen LogP contribution is -1.96. The van der Waals surface area contributed by atoms with Crippen LogP contribution >= 0.6 is 0 Å². The molecule has 0 heterocycles. The standard InChI is InChI=1S/C19H19NO3/c1-22-18-7-2-3-8-19(18)23-16-11-9-15(10-12-16)20-13-14-5-4-6-17(14)21/h2-3,7-13,20H,4-6H2,1H3/b14-13+. The van der Waals surface area contributed by atoms with Crippen molar-refractivity contribution in [2.75, 3.05) is 12.4 Å². The van der Waals surface area contributed by atoms with E-state index in [1.807, 2.05) is 54.7 Å². The number of ether oxygens (including phenoxy) is 2. The molecule has 0 radical (unpaired) electrons. The molecule has 0 spiro atoms. The number of benzene rings is 2. The number of carbonyl (C=O) groups excluding carboxylic acids is 1. The number of ketones is 1. The van der Waals surface area contributed by atoms with Gasteiger partial charge in [-0.1, -0.05) is 12.1 Å². The van der Waals surface area contributed by atoms with Gasteiger partial charge in [0.05, 0.1) is 7.11 Å². The zero-order valence-electron chi connectivity index (χ0n) is 13.0. The van der Waals surface area contributed by atoms with E-state index in [1.165, 1.54) is 0 Å². The Kier molecular flexibility index (Phi) is 4.62. The van der Waals surface area contributed by atoms with E-state index >= 15 is 0 Å². The maximum Gasteiger partial charge on any atom is 0.169 e. The molecule has 2 aromatic carbocycles. The smallest absolute Gasteiger partial charge is 0.169 e. The number of hydrogen-bond acceptors (Lipinski definition) is 4. The van der Waals surface area contributed by atoms with Crippen LogP contribution in [0.2, 0.25) is 0 Å². The number of methoxy groups -OCH3 is 1. The van der Waals surface area contributed by atoms with Crippen LogP contribution in [0.15, 0.2) is 60.3 Å². The summed E-state index contributed by atoms with van der Waals surface area (Å²) in [5, 5.41) is 3.17. The van der Waals surface area contributed by atoms with Gasteiger partial charge in [0, 0.05) is 23.9 Å². The zero-order chi connectivity index (χ0) is 16.1. The highest BCUT2D eigenvalue weighted by Gasteiger charge is 2.16. The Balaban J connectivity index is 1.66. The molecule has 1 N–H and O–H groups in total. The van der Waals surface area contributed by atoms with Crippen molar-refractivity contribution < 1.29 is 14.3 Å². The minimum absolute atomic E-state index is 0.244. The van der Waals surface area contributed by atoms with Gasteiger partial charge in [0.2, 0.25) is 0 Å². The van der Waals surface area contributed by atoms with Crippen molar-refractivity contribution in [1.82, 2.24) is 0 Å². The molecular weight excluding hydrogens is 290 g/mol. The number of Topliss-reactive ketones (excluding diaryl/α,β-unsaturated/α-hetero) is 1. The Hall–Kier alpha value is -2.75. The molecule has 0 aromatic heterocycles. The average molecular weight is 309 g/mol. The van der Waals surface area contributed by atoms with Gasteiger partial charge in [-0.15, -0.1) is 0 Å². The predicted molar refractivity (Wildman–Crippen MR) is 90.1 cm³/mol. The molecule has 4 nitrogen and oxygen atoms in total. The summed E-state index contributed by atoms with van der Waals surface area (Å²) in [6.45, 7) is 0. The summed E-state index contributed by atoms with van der Waals surface area (Å²) in [5.74, 6) is 2.34. The van der Waals surface area contributed by atoms with E-state index in [0.29, 0.717) is 17.9 Å². The van der Waals surface area contributed by atoms with E-state index < -0.39 is 0 Å². The van der Waals surface area contributed by atoms with E-state index in [4.69, 9.17) is 9.47 Å². The predicted octanol–water partition coefficient (Wildman–Crippen LogP) is 4.54. The van der Waals surface area contributed by atoms with Crippen molar-refractivity contribution in [2.45, 2.75) is 19.3 Å². The highest BCUT2D eigenvalue weighted by atomic mass is 16.5. The van der Waals surface area contributed by atoms with Crippen LogP contribution in [0.5, 0.6) is 17.2 Å². The largest absolute Gasteiger partial charge is 0.493 e. The summed E-state index contributed by atoms with van der Waals surface area (Å²) in [5.41, 5.74) is 1.80. The Morgan fingerprint density at radius 1 is 1.00 bits per heavy atom. The normalized spacial score (nSPS) is 15.7. The Bertz CT molecular complexity index is 720. The van der Waals surface area contributed by atoms with Gasteiger partial charge in [0.15, 0.2) is 17.3 Å². The molecule has 2 aromatic rings. The molecule has 1 aliphatic rings. The maximum absolute atomic E-state index is 11.6. The van der Waals surface area contributed by atoms with Crippen molar-refractivity contribution in [3.05, 3.63) is 60.3 Å². The first kappa shape index (κ1) is 15.2. The molecule has 3 rings (SSSR count). The number of rotatable bonds is 5. The van der Waals surface area contributed by atoms with Crippen molar-refractivity contribution in [1.29, 1.82) is 0 Å². The second-order valence-corrected chi connectivity index (χ2v) is 5.37. The minimum atomic E-state index is 0.244. The molecular formula is C19H19NO3. The molecule has 0 saturated heterocycles. The quantitative estimate of drug-likeness (QED) is 0.824. The molecule has 0 unspecified atom stereocenters. The third kappa shape index (κ3) is 3.72. The van der Waals surface area contributed by atoms with Gasteiger partial charge in [0.25, 0.3) is 0 Å². The van der Waals surface area contributed by atoms with Gasteiger partial charge in [-0.05, 0) is 49.2 Å². The fraction of sp³-hybridized carbons (Fsp3) is 0.211. The Morgan fingerprint density at radius 3 is 2.39 bits per heavy atom. The van der Waals surface area contributed by atoms with Crippen molar-refractivity contribution >= 4 is 11.5 Å².